The van der Waals surface area contributed by atoms with Crippen LogP contribution in [-0.4, -0.2) is 11.6 Å². The highest BCUT2D eigenvalue weighted by atomic mass is 16.5. The molecule has 0 saturated heterocycles. The number of rotatable bonds is 8. The Balaban J connectivity index is 2.00. The van der Waals surface area contributed by atoms with Crippen molar-refractivity contribution in [2.24, 2.45) is 5.73 Å². The van der Waals surface area contributed by atoms with Crippen molar-refractivity contribution < 1.29 is 4.74 Å². The van der Waals surface area contributed by atoms with Crippen molar-refractivity contribution in [3.05, 3.63) is 36.0 Å². The fourth-order valence-electron chi connectivity index (χ4n) is 2.38. The zero-order valence-electron chi connectivity index (χ0n) is 12.3. The maximum Gasteiger partial charge on any atom is 0.221 e. The first kappa shape index (κ1) is 14.8. The highest BCUT2D eigenvalue weighted by Gasteiger charge is 2.06. The van der Waals surface area contributed by atoms with Crippen LogP contribution in [0.1, 0.15) is 44.6 Å². The van der Waals surface area contributed by atoms with E-state index in [1.54, 1.807) is 0 Å². The first-order valence-electron chi connectivity index (χ1n) is 7.56. The van der Waals surface area contributed by atoms with Crippen molar-refractivity contribution in [3.63, 3.8) is 0 Å². The summed E-state index contributed by atoms with van der Waals surface area (Å²) in [5, 5.41) is 2.20. The molecule has 0 saturated carbocycles. The van der Waals surface area contributed by atoms with E-state index >= 15 is 0 Å². The number of ether oxygens (including phenoxy) is 1. The fraction of sp³-hybridized carbons (Fsp3) is 0.471. The van der Waals surface area contributed by atoms with Gasteiger partial charge in [-0.15, -0.1) is 0 Å². The van der Waals surface area contributed by atoms with Crippen molar-refractivity contribution >= 4 is 10.8 Å². The van der Waals surface area contributed by atoms with Gasteiger partial charge in [0.1, 0.15) is 0 Å². The van der Waals surface area contributed by atoms with Gasteiger partial charge in [0, 0.05) is 18.1 Å². The van der Waals surface area contributed by atoms with Crippen molar-refractivity contribution in [3.8, 4) is 5.88 Å². The molecule has 3 nitrogen and oxygen atoms in total. The lowest BCUT2D eigenvalue weighted by atomic mass is 10.1. The van der Waals surface area contributed by atoms with Gasteiger partial charge in [0.25, 0.3) is 0 Å². The molecule has 2 N–H and O–H groups in total. The molecule has 3 heteroatoms. The Labute approximate surface area is 121 Å². The Kier molecular flexibility index (Phi) is 5.81. The first-order chi connectivity index (χ1) is 9.86. The Morgan fingerprint density at radius 2 is 1.80 bits per heavy atom. The van der Waals surface area contributed by atoms with E-state index in [0.717, 1.165) is 35.2 Å². The van der Waals surface area contributed by atoms with E-state index in [2.05, 4.69) is 18.0 Å². The van der Waals surface area contributed by atoms with Crippen LogP contribution >= 0.6 is 0 Å². The van der Waals surface area contributed by atoms with E-state index in [0.29, 0.717) is 6.54 Å². The van der Waals surface area contributed by atoms with Gasteiger partial charge in [0.15, 0.2) is 0 Å². The highest BCUT2D eigenvalue weighted by Crippen LogP contribution is 2.26. The molecule has 20 heavy (non-hydrogen) atoms. The number of hydrogen-bond acceptors (Lipinski definition) is 3. The lowest BCUT2D eigenvalue weighted by Crippen LogP contribution is -2.03. The third kappa shape index (κ3) is 3.70. The van der Waals surface area contributed by atoms with E-state index in [9.17, 15) is 0 Å². The number of pyridine rings is 1. The SMILES string of the molecule is CCCCCCCOc1ncc(CN)c2ccccc12. The van der Waals surface area contributed by atoms with Crippen LogP contribution in [0, 0.1) is 0 Å². The summed E-state index contributed by atoms with van der Waals surface area (Å²) >= 11 is 0. The second-order valence-electron chi connectivity index (χ2n) is 5.10. The molecule has 0 spiro atoms. The molecule has 0 amide bonds. The largest absolute Gasteiger partial charge is 0.477 e. The highest BCUT2D eigenvalue weighted by molar-refractivity contribution is 5.89. The Bertz CT molecular complexity index is 540. The number of hydrogen-bond donors (Lipinski definition) is 1. The molecule has 108 valence electrons. The fourth-order valence-corrected chi connectivity index (χ4v) is 2.38. The van der Waals surface area contributed by atoms with Gasteiger partial charge in [-0.3, -0.25) is 0 Å². The third-order valence-corrected chi connectivity index (χ3v) is 3.55. The monoisotopic (exact) mass is 272 g/mol. The van der Waals surface area contributed by atoms with Gasteiger partial charge in [-0.25, -0.2) is 4.98 Å². The number of nitrogens with two attached hydrogens (primary N) is 1. The number of benzene rings is 1. The summed E-state index contributed by atoms with van der Waals surface area (Å²) in [5.74, 6) is 0.730. The van der Waals surface area contributed by atoms with Crippen LogP contribution in [0.15, 0.2) is 30.5 Å². The molecule has 0 bridgehead atoms. The van der Waals surface area contributed by atoms with Crippen molar-refractivity contribution in [1.29, 1.82) is 0 Å². The summed E-state index contributed by atoms with van der Waals surface area (Å²) in [4.78, 5) is 4.41. The van der Waals surface area contributed by atoms with Gasteiger partial charge < -0.3 is 10.5 Å². The summed E-state index contributed by atoms with van der Waals surface area (Å²) < 4.78 is 5.85. The van der Waals surface area contributed by atoms with Crippen molar-refractivity contribution in [1.82, 2.24) is 4.98 Å². The average Bonchev–Trinajstić information content (AvgIpc) is 2.50. The van der Waals surface area contributed by atoms with Gasteiger partial charge in [0.05, 0.1) is 6.61 Å². The molecule has 1 aromatic carbocycles. The zero-order valence-corrected chi connectivity index (χ0v) is 12.3. The number of aromatic nitrogens is 1. The van der Waals surface area contributed by atoms with Crippen molar-refractivity contribution in [2.45, 2.75) is 45.6 Å². The van der Waals surface area contributed by atoms with E-state index in [4.69, 9.17) is 10.5 Å². The Morgan fingerprint density at radius 3 is 2.55 bits per heavy atom. The number of fused-ring (bicyclic) bond motifs is 1. The van der Waals surface area contributed by atoms with Crippen LogP contribution in [0.3, 0.4) is 0 Å². The summed E-state index contributed by atoms with van der Waals surface area (Å²) in [6, 6.07) is 8.16. The quantitative estimate of drug-likeness (QED) is 0.738. The van der Waals surface area contributed by atoms with Crippen LogP contribution in [0.25, 0.3) is 10.8 Å². The lowest BCUT2D eigenvalue weighted by Gasteiger charge is -2.10. The molecule has 2 rings (SSSR count). The first-order valence-corrected chi connectivity index (χ1v) is 7.56. The molecule has 0 radical (unpaired) electrons. The van der Waals surface area contributed by atoms with Crippen LogP contribution < -0.4 is 10.5 Å². The topological polar surface area (TPSA) is 48.1 Å². The molecule has 1 heterocycles. The average molecular weight is 272 g/mol. The summed E-state index contributed by atoms with van der Waals surface area (Å²) in [6.07, 6.45) is 8.02. The van der Waals surface area contributed by atoms with Crippen molar-refractivity contribution in [2.75, 3.05) is 6.61 Å². The summed E-state index contributed by atoms with van der Waals surface area (Å²) in [7, 11) is 0. The van der Waals surface area contributed by atoms with Gasteiger partial charge in [0.2, 0.25) is 5.88 Å². The molecular formula is C17H24N2O. The van der Waals surface area contributed by atoms with E-state index in [1.165, 1.54) is 25.7 Å². The Morgan fingerprint density at radius 1 is 1.05 bits per heavy atom. The lowest BCUT2D eigenvalue weighted by molar-refractivity contribution is 0.297. The normalized spacial score (nSPS) is 10.9. The molecule has 2 aromatic rings. The molecule has 0 aliphatic carbocycles. The third-order valence-electron chi connectivity index (χ3n) is 3.55. The van der Waals surface area contributed by atoms with Gasteiger partial charge in [-0.1, -0.05) is 50.8 Å². The number of nitrogens with zero attached hydrogens (tertiary/aromatic N) is 1. The molecule has 0 aliphatic heterocycles. The predicted molar refractivity (Wildman–Crippen MR) is 83.9 cm³/mol. The standard InChI is InChI=1S/C17H24N2O/c1-2-3-4-5-8-11-20-17-16-10-7-6-9-15(16)14(12-18)13-19-17/h6-7,9-10,13H,2-5,8,11-12,18H2,1H3. The van der Waals surface area contributed by atoms with Gasteiger partial charge >= 0.3 is 0 Å². The van der Waals surface area contributed by atoms with Gasteiger partial charge in [-0.05, 0) is 23.4 Å². The predicted octanol–water partition coefficient (Wildman–Crippen LogP) is 4.04. The summed E-state index contributed by atoms with van der Waals surface area (Å²) in [5.41, 5.74) is 6.82. The van der Waals surface area contributed by atoms with Crippen LogP contribution in [0.2, 0.25) is 0 Å². The minimum Gasteiger partial charge on any atom is -0.477 e. The van der Waals surface area contributed by atoms with Crippen LogP contribution in [0.5, 0.6) is 5.88 Å². The second kappa shape index (κ2) is 7.85. The van der Waals surface area contributed by atoms with Crippen LogP contribution in [0.4, 0.5) is 0 Å². The molecular weight excluding hydrogens is 248 g/mol. The molecule has 0 aliphatic rings. The second-order valence-corrected chi connectivity index (χ2v) is 5.10. The summed E-state index contributed by atoms with van der Waals surface area (Å²) in [6.45, 7) is 3.47. The Hall–Kier alpha value is -1.61. The van der Waals surface area contributed by atoms with Crippen LogP contribution in [-0.2, 0) is 6.54 Å². The minimum absolute atomic E-state index is 0.505. The van der Waals surface area contributed by atoms with E-state index in [1.807, 2.05) is 24.4 Å². The maximum atomic E-state index is 5.85. The van der Waals surface area contributed by atoms with Gasteiger partial charge in [-0.2, -0.15) is 0 Å². The maximum absolute atomic E-state index is 5.85. The molecule has 0 atom stereocenters. The molecule has 0 fully saturated rings. The minimum atomic E-state index is 0.505. The number of unbranched alkanes of at least 4 members (excludes halogenated alkanes) is 4. The zero-order chi connectivity index (χ0) is 14.2. The molecule has 0 unspecified atom stereocenters. The molecule has 1 aromatic heterocycles. The van der Waals surface area contributed by atoms with E-state index in [-0.39, 0.29) is 0 Å². The van der Waals surface area contributed by atoms with E-state index < -0.39 is 0 Å². The smallest absolute Gasteiger partial charge is 0.221 e.